The molecule has 0 radical (unpaired) electrons. The molecule has 1 unspecified atom stereocenters. The third-order valence-corrected chi connectivity index (χ3v) is 6.06. The number of hydrogen-bond acceptors (Lipinski definition) is 6. The van der Waals surface area contributed by atoms with Gasteiger partial charge in [0.05, 0.1) is 17.7 Å². The van der Waals surface area contributed by atoms with Crippen molar-refractivity contribution in [1.29, 1.82) is 0 Å². The lowest BCUT2D eigenvalue weighted by molar-refractivity contribution is -0.145. The largest absolute Gasteiger partial charge is 0.493 e. The Morgan fingerprint density at radius 3 is 2.70 bits per heavy atom. The smallest absolute Gasteiger partial charge is 0.344 e. The monoisotopic (exact) mass is 507 g/mol. The number of halogens is 1. The highest BCUT2D eigenvalue weighted by atomic mass is 79.9. The third kappa shape index (κ3) is 4.85. The minimum atomic E-state index is -1.04. The molecule has 9 heteroatoms. The predicted octanol–water partition coefficient (Wildman–Crippen LogP) is 5.11. The van der Waals surface area contributed by atoms with E-state index in [1.807, 2.05) is 24.3 Å². The number of thioether (sulfide) groups is 1. The van der Waals surface area contributed by atoms with Crippen LogP contribution in [0.2, 0.25) is 0 Å². The van der Waals surface area contributed by atoms with E-state index in [1.54, 1.807) is 31.2 Å². The number of methoxy groups -OCH3 is 1. The van der Waals surface area contributed by atoms with E-state index >= 15 is 0 Å². The van der Waals surface area contributed by atoms with Gasteiger partial charge in [-0.2, -0.15) is 0 Å². The van der Waals surface area contributed by atoms with Crippen LogP contribution in [0.1, 0.15) is 18.9 Å². The highest BCUT2D eigenvalue weighted by Gasteiger charge is 2.33. The molecule has 1 aliphatic heterocycles. The number of ether oxygens (including phenoxy) is 2. The van der Waals surface area contributed by atoms with Crippen LogP contribution in [-0.4, -0.2) is 34.5 Å². The predicted molar refractivity (Wildman–Crippen MR) is 125 cm³/mol. The molecule has 0 spiro atoms. The fourth-order valence-corrected chi connectivity index (χ4v) is 4.48. The van der Waals surface area contributed by atoms with Crippen LogP contribution in [0.3, 0.4) is 0 Å². The lowest BCUT2D eigenvalue weighted by atomic mass is 10.1. The summed E-state index contributed by atoms with van der Waals surface area (Å²) in [7, 11) is 1.47. The highest BCUT2D eigenvalue weighted by Crippen LogP contribution is 2.38. The third-order valence-electron chi connectivity index (χ3n) is 4.26. The Labute approximate surface area is 192 Å². The maximum atomic E-state index is 12.9. The van der Waals surface area contributed by atoms with Gasteiger partial charge in [-0.25, -0.2) is 4.79 Å². The number of aliphatic carboxylic acids is 1. The summed E-state index contributed by atoms with van der Waals surface area (Å²) in [4.78, 5) is 26.1. The highest BCUT2D eigenvalue weighted by molar-refractivity contribution is 9.10. The van der Waals surface area contributed by atoms with E-state index in [0.29, 0.717) is 38.4 Å². The molecule has 1 amide bonds. The van der Waals surface area contributed by atoms with Crippen molar-refractivity contribution in [2.75, 3.05) is 12.0 Å². The molecule has 1 atom stereocenters. The van der Waals surface area contributed by atoms with Crippen molar-refractivity contribution in [2.45, 2.75) is 19.4 Å². The quantitative estimate of drug-likeness (QED) is 0.412. The molecule has 0 saturated carbocycles. The summed E-state index contributed by atoms with van der Waals surface area (Å²) in [6.07, 6.45) is 1.07. The number of amides is 1. The van der Waals surface area contributed by atoms with Gasteiger partial charge in [-0.05, 0) is 48.4 Å². The van der Waals surface area contributed by atoms with Gasteiger partial charge in [-0.1, -0.05) is 59.0 Å². The van der Waals surface area contributed by atoms with Gasteiger partial charge in [-0.3, -0.25) is 9.69 Å². The molecule has 0 bridgehead atoms. The van der Waals surface area contributed by atoms with E-state index < -0.39 is 12.1 Å². The van der Waals surface area contributed by atoms with Crippen molar-refractivity contribution in [3.63, 3.8) is 0 Å². The van der Waals surface area contributed by atoms with Gasteiger partial charge >= 0.3 is 5.97 Å². The molecule has 6 nitrogen and oxygen atoms in total. The molecule has 1 aliphatic rings. The molecule has 2 aromatic carbocycles. The summed E-state index contributed by atoms with van der Waals surface area (Å²) in [5, 5.41) is 9.20. The van der Waals surface area contributed by atoms with Crippen LogP contribution >= 0.6 is 39.9 Å². The van der Waals surface area contributed by atoms with Crippen molar-refractivity contribution in [3.05, 3.63) is 57.4 Å². The molecule has 3 rings (SSSR count). The number of carboxylic acid groups (broad SMARTS) is 1. The Bertz CT molecular complexity index is 1040. The van der Waals surface area contributed by atoms with Crippen LogP contribution in [0.5, 0.6) is 11.5 Å². The minimum Gasteiger partial charge on any atom is -0.493 e. The first-order valence-electron chi connectivity index (χ1n) is 8.95. The second kappa shape index (κ2) is 9.63. The number of carbonyl (C=O) groups excluding carboxylic acids is 1. The molecule has 30 heavy (non-hydrogen) atoms. The van der Waals surface area contributed by atoms with Gasteiger partial charge in [0.15, 0.2) is 21.9 Å². The molecule has 1 N–H and O–H groups in total. The zero-order valence-corrected chi connectivity index (χ0v) is 19.3. The molecule has 0 aromatic heterocycles. The number of carbonyl (C=O) groups is 2. The lowest BCUT2D eigenvalue weighted by Gasteiger charge is -2.16. The molecular formula is C21H18BrNO5S2. The second-order valence-corrected chi connectivity index (χ2v) is 8.85. The molecule has 156 valence electrons. The Balaban J connectivity index is 1.87. The Kier molecular flexibility index (Phi) is 7.17. The Hall–Kier alpha value is -2.36. The number of benzene rings is 2. The van der Waals surface area contributed by atoms with Gasteiger partial charge in [0.25, 0.3) is 5.91 Å². The van der Waals surface area contributed by atoms with Crippen molar-refractivity contribution in [3.8, 4) is 11.5 Å². The standard InChI is InChI=1S/C21H18BrNO5S2/c1-3-15(20(25)26)28-16-8-7-12(9-17(16)27-2)10-18-19(24)23(21(29)30-18)14-6-4-5-13(22)11-14/h4-11,15H,3H2,1-2H3,(H,25,26)/b18-10+. The average Bonchev–Trinajstić information content (AvgIpc) is 2.99. The van der Waals surface area contributed by atoms with E-state index in [1.165, 1.54) is 23.8 Å². The van der Waals surface area contributed by atoms with Gasteiger partial charge in [0.2, 0.25) is 0 Å². The van der Waals surface area contributed by atoms with E-state index in [0.717, 1.165) is 4.47 Å². The van der Waals surface area contributed by atoms with Crippen molar-refractivity contribution >= 4 is 67.9 Å². The second-order valence-electron chi connectivity index (χ2n) is 6.26. The van der Waals surface area contributed by atoms with Crippen LogP contribution in [0.25, 0.3) is 6.08 Å². The minimum absolute atomic E-state index is 0.209. The normalized spacial score (nSPS) is 16.1. The first kappa shape index (κ1) is 22.3. The molecule has 1 fully saturated rings. The van der Waals surface area contributed by atoms with Crippen molar-refractivity contribution in [1.82, 2.24) is 0 Å². The van der Waals surface area contributed by atoms with Gasteiger partial charge in [-0.15, -0.1) is 0 Å². The first-order valence-corrected chi connectivity index (χ1v) is 11.0. The van der Waals surface area contributed by atoms with Gasteiger partial charge in [0, 0.05) is 4.47 Å². The first-order chi connectivity index (χ1) is 14.3. The van der Waals surface area contributed by atoms with Crippen LogP contribution in [0.15, 0.2) is 51.8 Å². The summed E-state index contributed by atoms with van der Waals surface area (Å²) < 4.78 is 12.2. The van der Waals surface area contributed by atoms with Crippen LogP contribution in [0.4, 0.5) is 5.69 Å². The fraction of sp³-hybridized carbons (Fsp3) is 0.190. The number of anilines is 1. The summed E-state index contributed by atoms with van der Waals surface area (Å²) >= 11 is 10.0. The molecule has 2 aromatic rings. The molecule has 0 aliphatic carbocycles. The van der Waals surface area contributed by atoms with Crippen LogP contribution in [-0.2, 0) is 9.59 Å². The molecule has 1 saturated heterocycles. The average molecular weight is 508 g/mol. The Morgan fingerprint density at radius 2 is 2.07 bits per heavy atom. The molecular weight excluding hydrogens is 490 g/mol. The van der Waals surface area contributed by atoms with Crippen LogP contribution in [0, 0.1) is 0 Å². The number of carboxylic acids is 1. The molecule has 1 heterocycles. The maximum absolute atomic E-state index is 12.9. The van der Waals surface area contributed by atoms with Gasteiger partial charge in [0.1, 0.15) is 0 Å². The fourth-order valence-electron chi connectivity index (χ4n) is 2.79. The van der Waals surface area contributed by atoms with Crippen LogP contribution < -0.4 is 14.4 Å². The van der Waals surface area contributed by atoms with E-state index in [2.05, 4.69) is 15.9 Å². The van der Waals surface area contributed by atoms with E-state index in [9.17, 15) is 14.7 Å². The van der Waals surface area contributed by atoms with E-state index in [4.69, 9.17) is 21.7 Å². The topological polar surface area (TPSA) is 76.1 Å². The Morgan fingerprint density at radius 1 is 1.30 bits per heavy atom. The summed E-state index contributed by atoms with van der Waals surface area (Å²) in [5.41, 5.74) is 1.40. The lowest BCUT2D eigenvalue weighted by Crippen LogP contribution is -2.27. The number of hydrogen-bond donors (Lipinski definition) is 1. The maximum Gasteiger partial charge on any atom is 0.344 e. The summed E-state index contributed by atoms with van der Waals surface area (Å²) in [5.74, 6) is -0.546. The number of nitrogens with zero attached hydrogens (tertiary/aromatic N) is 1. The SMILES string of the molecule is CCC(Oc1ccc(/C=C2/SC(=S)N(c3cccc(Br)c3)C2=O)cc1OC)C(=O)O. The summed E-state index contributed by atoms with van der Waals surface area (Å²) in [6, 6.07) is 12.4. The van der Waals surface area contributed by atoms with E-state index in [-0.39, 0.29) is 5.91 Å². The number of rotatable bonds is 7. The van der Waals surface area contributed by atoms with Crippen molar-refractivity contribution in [2.24, 2.45) is 0 Å². The van der Waals surface area contributed by atoms with Crippen molar-refractivity contribution < 1.29 is 24.2 Å². The van der Waals surface area contributed by atoms with Gasteiger partial charge < -0.3 is 14.6 Å². The zero-order valence-electron chi connectivity index (χ0n) is 16.1. The number of thiocarbonyl (C=S) groups is 1. The summed E-state index contributed by atoms with van der Waals surface area (Å²) in [6.45, 7) is 1.73. The zero-order chi connectivity index (χ0) is 21.8.